The molecule has 2 heterocycles. The standard InChI is InChI=1S/C12H22N2O3/c15-9-11-2-1-5-14(11)8-12(16)13-10-3-6-17-7-4-10/h10-11,15H,1-9H2,(H,13,16)/t11-/m1/s1. The van der Waals surface area contributed by atoms with Crippen LogP contribution in [0.3, 0.4) is 0 Å². The van der Waals surface area contributed by atoms with Gasteiger partial charge in [0.2, 0.25) is 5.91 Å². The van der Waals surface area contributed by atoms with E-state index in [0.29, 0.717) is 6.54 Å². The molecular formula is C12H22N2O3. The van der Waals surface area contributed by atoms with E-state index in [4.69, 9.17) is 4.74 Å². The van der Waals surface area contributed by atoms with Gasteiger partial charge in [0, 0.05) is 25.3 Å². The number of nitrogens with zero attached hydrogens (tertiary/aromatic N) is 1. The van der Waals surface area contributed by atoms with Gasteiger partial charge < -0.3 is 15.2 Å². The lowest BCUT2D eigenvalue weighted by Crippen LogP contribution is -2.45. The van der Waals surface area contributed by atoms with Crippen LogP contribution in [0.15, 0.2) is 0 Å². The van der Waals surface area contributed by atoms with E-state index in [1.54, 1.807) is 0 Å². The summed E-state index contributed by atoms with van der Waals surface area (Å²) >= 11 is 0. The van der Waals surface area contributed by atoms with E-state index < -0.39 is 0 Å². The topological polar surface area (TPSA) is 61.8 Å². The van der Waals surface area contributed by atoms with Gasteiger partial charge in [-0.1, -0.05) is 0 Å². The third kappa shape index (κ3) is 3.66. The monoisotopic (exact) mass is 242 g/mol. The summed E-state index contributed by atoms with van der Waals surface area (Å²) in [4.78, 5) is 13.9. The second kappa shape index (κ2) is 6.33. The van der Waals surface area contributed by atoms with E-state index in [1.165, 1.54) is 0 Å². The zero-order valence-electron chi connectivity index (χ0n) is 10.2. The molecule has 17 heavy (non-hydrogen) atoms. The number of likely N-dealkylation sites (tertiary alicyclic amines) is 1. The first kappa shape index (κ1) is 12.8. The van der Waals surface area contributed by atoms with Gasteiger partial charge in [-0.05, 0) is 32.2 Å². The van der Waals surface area contributed by atoms with E-state index in [-0.39, 0.29) is 24.6 Å². The maximum absolute atomic E-state index is 11.9. The molecule has 0 radical (unpaired) electrons. The zero-order valence-corrected chi connectivity index (χ0v) is 10.2. The number of nitrogens with one attached hydrogen (secondary N) is 1. The second-order valence-electron chi connectivity index (χ2n) is 4.90. The van der Waals surface area contributed by atoms with Crippen LogP contribution in [0, 0.1) is 0 Å². The number of carbonyl (C=O) groups is 1. The van der Waals surface area contributed by atoms with Gasteiger partial charge in [0.1, 0.15) is 0 Å². The normalized spacial score (nSPS) is 27.2. The Bertz CT molecular complexity index is 254. The van der Waals surface area contributed by atoms with Crippen molar-refractivity contribution in [3.8, 4) is 0 Å². The zero-order chi connectivity index (χ0) is 12.1. The van der Waals surface area contributed by atoms with Gasteiger partial charge in [-0.3, -0.25) is 9.69 Å². The van der Waals surface area contributed by atoms with Crippen molar-refractivity contribution in [2.45, 2.75) is 37.8 Å². The lowest BCUT2D eigenvalue weighted by atomic mass is 10.1. The maximum Gasteiger partial charge on any atom is 0.234 e. The van der Waals surface area contributed by atoms with E-state index in [0.717, 1.165) is 45.4 Å². The SMILES string of the molecule is O=C(CN1CCC[C@@H]1CO)NC1CCOCC1. The second-order valence-corrected chi connectivity index (χ2v) is 4.90. The van der Waals surface area contributed by atoms with Crippen LogP contribution >= 0.6 is 0 Å². The molecule has 98 valence electrons. The van der Waals surface area contributed by atoms with Crippen molar-refractivity contribution in [2.24, 2.45) is 0 Å². The molecule has 5 heteroatoms. The number of aliphatic hydroxyl groups excluding tert-OH is 1. The van der Waals surface area contributed by atoms with Crippen LogP contribution in [0.4, 0.5) is 0 Å². The van der Waals surface area contributed by atoms with Gasteiger partial charge >= 0.3 is 0 Å². The molecule has 0 aromatic rings. The molecule has 1 amide bonds. The first-order valence-corrected chi connectivity index (χ1v) is 6.51. The van der Waals surface area contributed by atoms with Crippen LogP contribution < -0.4 is 5.32 Å². The van der Waals surface area contributed by atoms with Crippen LogP contribution in [-0.4, -0.2) is 60.9 Å². The summed E-state index contributed by atoms with van der Waals surface area (Å²) < 4.78 is 5.25. The van der Waals surface area contributed by atoms with Crippen molar-refractivity contribution in [2.75, 3.05) is 32.9 Å². The first-order valence-electron chi connectivity index (χ1n) is 6.51. The molecule has 2 rings (SSSR count). The highest BCUT2D eigenvalue weighted by Gasteiger charge is 2.26. The fourth-order valence-corrected chi connectivity index (χ4v) is 2.61. The van der Waals surface area contributed by atoms with Crippen LogP contribution in [0.1, 0.15) is 25.7 Å². The van der Waals surface area contributed by atoms with Crippen molar-refractivity contribution in [1.29, 1.82) is 0 Å². The number of ether oxygens (including phenoxy) is 1. The lowest BCUT2D eigenvalue weighted by Gasteiger charge is -2.26. The summed E-state index contributed by atoms with van der Waals surface area (Å²) in [7, 11) is 0. The van der Waals surface area contributed by atoms with Gasteiger partial charge in [0.15, 0.2) is 0 Å². The Kier molecular flexibility index (Phi) is 4.76. The molecule has 0 aromatic heterocycles. The molecule has 0 spiro atoms. The van der Waals surface area contributed by atoms with Gasteiger partial charge in [0.05, 0.1) is 13.2 Å². The molecule has 0 saturated carbocycles. The number of aliphatic hydroxyl groups is 1. The van der Waals surface area contributed by atoms with Gasteiger partial charge in [-0.2, -0.15) is 0 Å². The highest BCUT2D eigenvalue weighted by molar-refractivity contribution is 5.78. The summed E-state index contributed by atoms with van der Waals surface area (Å²) in [6.45, 7) is 2.99. The summed E-state index contributed by atoms with van der Waals surface area (Å²) in [5, 5.41) is 12.2. The minimum Gasteiger partial charge on any atom is -0.395 e. The van der Waals surface area contributed by atoms with Gasteiger partial charge in [-0.15, -0.1) is 0 Å². The summed E-state index contributed by atoms with van der Waals surface area (Å²) in [6, 6.07) is 0.446. The smallest absolute Gasteiger partial charge is 0.234 e. The molecule has 2 aliphatic heterocycles. The molecule has 5 nitrogen and oxygen atoms in total. The fraction of sp³-hybridized carbons (Fsp3) is 0.917. The molecule has 0 aliphatic carbocycles. The van der Waals surface area contributed by atoms with Gasteiger partial charge in [0.25, 0.3) is 0 Å². The van der Waals surface area contributed by atoms with E-state index in [2.05, 4.69) is 10.2 Å². The van der Waals surface area contributed by atoms with E-state index >= 15 is 0 Å². The number of hydrogen-bond donors (Lipinski definition) is 2. The molecular weight excluding hydrogens is 220 g/mol. The van der Waals surface area contributed by atoms with Crippen LogP contribution in [-0.2, 0) is 9.53 Å². The summed E-state index contributed by atoms with van der Waals surface area (Å²) in [5.41, 5.74) is 0. The molecule has 0 bridgehead atoms. The molecule has 2 aliphatic rings. The number of carbonyl (C=O) groups excluding carboxylic acids is 1. The Morgan fingerprint density at radius 3 is 2.82 bits per heavy atom. The van der Waals surface area contributed by atoms with E-state index in [9.17, 15) is 9.90 Å². The molecule has 0 aromatic carbocycles. The van der Waals surface area contributed by atoms with Gasteiger partial charge in [-0.25, -0.2) is 0 Å². The molecule has 2 N–H and O–H groups in total. The summed E-state index contributed by atoms with van der Waals surface area (Å²) in [6.07, 6.45) is 3.90. The van der Waals surface area contributed by atoms with Crippen molar-refractivity contribution >= 4 is 5.91 Å². The largest absolute Gasteiger partial charge is 0.395 e. The predicted molar refractivity (Wildman–Crippen MR) is 63.7 cm³/mol. The molecule has 0 unspecified atom stereocenters. The number of hydrogen-bond acceptors (Lipinski definition) is 4. The highest BCUT2D eigenvalue weighted by Crippen LogP contribution is 2.16. The third-order valence-electron chi connectivity index (χ3n) is 3.64. The first-order chi connectivity index (χ1) is 8.29. The average Bonchev–Trinajstić information content (AvgIpc) is 2.77. The average molecular weight is 242 g/mol. The van der Waals surface area contributed by atoms with Crippen molar-refractivity contribution in [3.05, 3.63) is 0 Å². The Hall–Kier alpha value is -0.650. The molecule has 2 saturated heterocycles. The van der Waals surface area contributed by atoms with Crippen LogP contribution in [0.25, 0.3) is 0 Å². The predicted octanol–water partition coefficient (Wildman–Crippen LogP) is -0.262. The Morgan fingerprint density at radius 2 is 2.12 bits per heavy atom. The highest BCUT2D eigenvalue weighted by atomic mass is 16.5. The Labute approximate surface area is 102 Å². The Morgan fingerprint density at radius 1 is 1.35 bits per heavy atom. The minimum atomic E-state index is 0.0808. The quantitative estimate of drug-likeness (QED) is 0.713. The number of amides is 1. The maximum atomic E-state index is 11.9. The Balaban J connectivity index is 1.72. The minimum absolute atomic E-state index is 0.0808. The van der Waals surface area contributed by atoms with Crippen molar-refractivity contribution in [3.63, 3.8) is 0 Å². The van der Waals surface area contributed by atoms with Crippen molar-refractivity contribution in [1.82, 2.24) is 10.2 Å². The molecule has 1 atom stereocenters. The van der Waals surface area contributed by atoms with E-state index in [1.807, 2.05) is 0 Å². The summed E-state index contributed by atoms with van der Waals surface area (Å²) in [5.74, 6) is 0.0808. The molecule has 2 fully saturated rings. The van der Waals surface area contributed by atoms with Crippen molar-refractivity contribution < 1.29 is 14.6 Å². The van der Waals surface area contributed by atoms with Crippen LogP contribution in [0.2, 0.25) is 0 Å². The number of rotatable bonds is 4. The fourth-order valence-electron chi connectivity index (χ4n) is 2.61. The lowest BCUT2D eigenvalue weighted by molar-refractivity contribution is -0.123. The third-order valence-corrected chi connectivity index (χ3v) is 3.64. The van der Waals surface area contributed by atoms with Crippen LogP contribution in [0.5, 0.6) is 0 Å².